The molecule has 1 fully saturated rings. The van der Waals surface area contributed by atoms with E-state index in [2.05, 4.69) is 10.3 Å². The molecule has 0 saturated heterocycles. The van der Waals surface area contributed by atoms with Gasteiger partial charge in [-0.15, -0.1) is 0 Å². The van der Waals surface area contributed by atoms with E-state index < -0.39 is 5.41 Å². The Morgan fingerprint density at radius 1 is 0.853 bits per heavy atom. The summed E-state index contributed by atoms with van der Waals surface area (Å²) in [7, 11) is 0. The number of aromatic nitrogens is 1. The molecule has 5 heteroatoms. The SMILES string of the molecule is O=C(C=C[C@@H]1CC1(c1ccc(F)cc1)c1ccc(F)cc1)Nc1ccc(-c2cccnc2)cc1. The first-order chi connectivity index (χ1) is 16.5. The molecule has 1 saturated carbocycles. The van der Waals surface area contributed by atoms with Crippen LogP contribution in [0, 0.1) is 17.6 Å². The first-order valence-electron chi connectivity index (χ1n) is 11.1. The van der Waals surface area contributed by atoms with Crippen molar-refractivity contribution in [3.63, 3.8) is 0 Å². The molecule has 3 nitrogen and oxygen atoms in total. The highest BCUT2D eigenvalue weighted by molar-refractivity contribution is 5.99. The minimum Gasteiger partial charge on any atom is -0.323 e. The molecule has 1 heterocycles. The number of amides is 1. The number of carbonyl (C=O) groups excluding carboxylic acids is 1. The van der Waals surface area contributed by atoms with Crippen LogP contribution < -0.4 is 5.32 Å². The fourth-order valence-electron chi connectivity index (χ4n) is 4.51. The molecule has 168 valence electrons. The number of rotatable bonds is 6. The first-order valence-corrected chi connectivity index (χ1v) is 11.1. The van der Waals surface area contributed by atoms with Gasteiger partial charge < -0.3 is 5.32 Å². The molecule has 3 aromatic carbocycles. The highest BCUT2D eigenvalue weighted by atomic mass is 19.1. The van der Waals surface area contributed by atoms with Crippen molar-refractivity contribution in [3.05, 3.63) is 132 Å². The Kier molecular flexibility index (Phi) is 5.76. The maximum atomic E-state index is 13.5. The number of hydrogen-bond donors (Lipinski definition) is 1. The van der Waals surface area contributed by atoms with Crippen LogP contribution in [0.25, 0.3) is 11.1 Å². The highest BCUT2D eigenvalue weighted by Gasteiger charge is 2.55. The van der Waals surface area contributed by atoms with Crippen molar-refractivity contribution < 1.29 is 13.6 Å². The Morgan fingerprint density at radius 3 is 2.03 bits per heavy atom. The van der Waals surface area contributed by atoms with Crippen LogP contribution in [0.1, 0.15) is 17.5 Å². The van der Waals surface area contributed by atoms with Crippen molar-refractivity contribution in [1.82, 2.24) is 4.98 Å². The summed E-state index contributed by atoms with van der Waals surface area (Å²) in [6.45, 7) is 0. The third-order valence-electron chi connectivity index (χ3n) is 6.36. The number of allylic oxidation sites excluding steroid dienone is 1. The third kappa shape index (κ3) is 4.37. The van der Waals surface area contributed by atoms with Crippen LogP contribution in [-0.2, 0) is 10.2 Å². The molecular formula is C29H22F2N2O. The number of nitrogens with zero attached hydrogens (tertiary/aromatic N) is 1. The van der Waals surface area contributed by atoms with E-state index in [1.54, 1.807) is 36.7 Å². The van der Waals surface area contributed by atoms with Gasteiger partial charge in [0.15, 0.2) is 0 Å². The summed E-state index contributed by atoms with van der Waals surface area (Å²) in [5, 5.41) is 2.89. The molecular weight excluding hydrogens is 430 g/mol. The van der Waals surface area contributed by atoms with Gasteiger partial charge in [0.05, 0.1) is 0 Å². The smallest absolute Gasteiger partial charge is 0.248 e. The second-order valence-electron chi connectivity index (χ2n) is 8.46. The van der Waals surface area contributed by atoms with E-state index >= 15 is 0 Å². The molecule has 0 unspecified atom stereocenters. The van der Waals surface area contributed by atoms with E-state index in [0.29, 0.717) is 5.69 Å². The number of hydrogen-bond acceptors (Lipinski definition) is 2. The van der Waals surface area contributed by atoms with Crippen molar-refractivity contribution in [3.8, 4) is 11.1 Å². The molecule has 1 aromatic heterocycles. The molecule has 0 aliphatic heterocycles. The molecule has 0 spiro atoms. The molecule has 4 aromatic rings. The van der Waals surface area contributed by atoms with Gasteiger partial charge in [-0.05, 0) is 83.1 Å². The van der Waals surface area contributed by atoms with Crippen molar-refractivity contribution in [2.24, 2.45) is 5.92 Å². The highest BCUT2D eigenvalue weighted by Crippen LogP contribution is 2.59. The van der Waals surface area contributed by atoms with Crippen LogP contribution in [0.15, 0.2) is 109 Å². The first kappa shape index (κ1) is 21.7. The lowest BCUT2D eigenvalue weighted by atomic mass is 9.85. The summed E-state index contributed by atoms with van der Waals surface area (Å²) >= 11 is 0. The molecule has 1 aliphatic carbocycles. The number of pyridine rings is 1. The fraction of sp³-hybridized carbons (Fsp3) is 0.103. The van der Waals surface area contributed by atoms with Gasteiger partial charge >= 0.3 is 0 Å². The Morgan fingerprint density at radius 2 is 1.47 bits per heavy atom. The van der Waals surface area contributed by atoms with Crippen LogP contribution >= 0.6 is 0 Å². The van der Waals surface area contributed by atoms with E-state index in [9.17, 15) is 13.6 Å². The van der Waals surface area contributed by atoms with Crippen LogP contribution in [0.3, 0.4) is 0 Å². The Labute approximate surface area is 196 Å². The average molecular weight is 453 g/mol. The van der Waals surface area contributed by atoms with Crippen molar-refractivity contribution in [2.45, 2.75) is 11.8 Å². The topological polar surface area (TPSA) is 42.0 Å². The molecule has 0 radical (unpaired) electrons. The zero-order chi connectivity index (χ0) is 23.5. The van der Waals surface area contributed by atoms with E-state index in [-0.39, 0.29) is 23.5 Å². The fourth-order valence-corrected chi connectivity index (χ4v) is 4.51. The lowest BCUT2D eigenvalue weighted by Gasteiger charge is -2.18. The maximum absolute atomic E-state index is 13.5. The second kappa shape index (κ2) is 9.02. The standard InChI is InChI=1S/C29H22F2N2O/c30-25-10-5-22(6-11-25)29(23-7-12-26(31)13-8-23)18-24(29)9-16-28(34)33-27-14-3-20(4-15-27)21-2-1-17-32-19-21/h1-17,19,24H,18H2,(H,33,34)/t24-/m1/s1. The molecule has 1 amide bonds. The zero-order valence-corrected chi connectivity index (χ0v) is 18.3. The van der Waals surface area contributed by atoms with Crippen LogP contribution in [0.2, 0.25) is 0 Å². The van der Waals surface area contributed by atoms with Crippen LogP contribution in [-0.4, -0.2) is 10.9 Å². The molecule has 34 heavy (non-hydrogen) atoms. The van der Waals surface area contributed by atoms with Gasteiger partial charge in [0.2, 0.25) is 5.91 Å². The van der Waals surface area contributed by atoms with E-state index in [1.165, 1.54) is 30.3 Å². The van der Waals surface area contributed by atoms with Gasteiger partial charge in [0.1, 0.15) is 11.6 Å². The summed E-state index contributed by atoms with van der Waals surface area (Å²) in [5.74, 6) is -0.797. The molecule has 1 atom stereocenters. The number of nitrogens with one attached hydrogen (secondary N) is 1. The van der Waals surface area contributed by atoms with Crippen LogP contribution in [0.5, 0.6) is 0 Å². The zero-order valence-electron chi connectivity index (χ0n) is 18.3. The lowest BCUT2D eigenvalue weighted by Crippen LogP contribution is -2.13. The van der Waals surface area contributed by atoms with E-state index in [1.807, 2.05) is 42.5 Å². The third-order valence-corrected chi connectivity index (χ3v) is 6.36. The Hall–Kier alpha value is -4.12. The van der Waals surface area contributed by atoms with Gasteiger partial charge in [-0.3, -0.25) is 9.78 Å². The summed E-state index contributed by atoms with van der Waals surface area (Å²) in [5.41, 5.74) is 4.21. The van der Waals surface area contributed by atoms with Crippen LogP contribution in [0.4, 0.5) is 14.5 Å². The van der Waals surface area contributed by atoms with E-state index in [0.717, 1.165) is 28.7 Å². The Balaban J connectivity index is 1.30. The van der Waals surface area contributed by atoms with Gasteiger partial charge in [-0.25, -0.2) is 8.78 Å². The summed E-state index contributed by atoms with van der Waals surface area (Å²) in [6.07, 6.45) is 7.69. The normalized spacial score (nSPS) is 16.4. The Bertz CT molecular complexity index is 1270. The number of halogens is 2. The van der Waals surface area contributed by atoms with Gasteiger partial charge in [0, 0.05) is 23.5 Å². The maximum Gasteiger partial charge on any atom is 0.248 e. The van der Waals surface area contributed by atoms with Gasteiger partial charge in [-0.2, -0.15) is 0 Å². The summed E-state index contributed by atoms with van der Waals surface area (Å²) < 4.78 is 27.0. The predicted molar refractivity (Wildman–Crippen MR) is 129 cm³/mol. The summed E-state index contributed by atoms with van der Waals surface area (Å²) in [6, 6.07) is 24.2. The van der Waals surface area contributed by atoms with Gasteiger partial charge in [0.25, 0.3) is 0 Å². The van der Waals surface area contributed by atoms with Crippen molar-refractivity contribution >= 4 is 11.6 Å². The molecule has 0 bridgehead atoms. The number of benzene rings is 3. The molecule has 1 N–H and O–H groups in total. The second-order valence-corrected chi connectivity index (χ2v) is 8.46. The monoisotopic (exact) mass is 452 g/mol. The lowest BCUT2D eigenvalue weighted by molar-refractivity contribution is -0.111. The minimum absolute atomic E-state index is 0.0436. The quantitative estimate of drug-likeness (QED) is 0.338. The average Bonchev–Trinajstić information content (AvgIpc) is 3.60. The molecule has 1 aliphatic rings. The number of carbonyl (C=O) groups is 1. The van der Waals surface area contributed by atoms with Gasteiger partial charge in [-0.1, -0.05) is 48.5 Å². The largest absolute Gasteiger partial charge is 0.323 e. The van der Waals surface area contributed by atoms with Crippen molar-refractivity contribution in [1.29, 1.82) is 0 Å². The van der Waals surface area contributed by atoms with Crippen molar-refractivity contribution in [2.75, 3.05) is 5.32 Å². The molecule has 5 rings (SSSR count). The summed E-state index contributed by atoms with van der Waals surface area (Å²) in [4.78, 5) is 16.7. The number of anilines is 1. The predicted octanol–water partition coefficient (Wildman–Crippen LogP) is 6.53. The van der Waals surface area contributed by atoms with E-state index in [4.69, 9.17) is 0 Å². The minimum atomic E-state index is -0.399.